The Morgan fingerprint density at radius 3 is 2.89 bits per heavy atom. The Hall–Kier alpha value is -0.0400. The van der Waals surface area contributed by atoms with Gasteiger partial charge in [-0.15, -0.1) is 0 Å². The van der Waals surface area contributed by atoms with Gasteiger partial charge in [0.25, 0.3) is 0 Å². The number of rotatable bonds is 1. The van der Waals surface area contributed by atoms with E-state index in [2.05, 4.69) is 0 Å². The molecule has 0 spiro atoms. The average Bonchev–Trinajstić information content (AvgIpc) is 2.62. The molecule has 0 aromatic carbocycles. The summed E-state index contributed by atoms with van der Waals surface area (Å²) < 4.78 is 0. The molecule has 0 saturated heterocycles. The van der Waals surface area contributed by atoms with Crippen molar-refractivity contribution in [1.82, 2.24) is 0 Å². The SMILES string of the molecule is OC[C@@]12CCCC[C@@H]1C2. The molecule has 0 amide bonds. The third-order valence-corrected chi connectivity index (χ3v) is 3.15. The maximum Gasteiger partial charge on any atom is 0.0490 e. The van der Waals surface area contributed by atoms with Crippen molar-refractivity contribution in [3.63, 3.8) is 0 Å². The van der Waals surface area contributed by atoms with Crippen molar-refractivity contribution in [3.8, 4) is 0 Å². The molecule has 9 heavy (non-hydrogen) atoms. The van der Waals surface area contributed by atoms with E-state index in [9.17, 15) is 0 Å². The summed E-state index contributed by atoms with van der Waals surface area (Å²) in [6, 6.07) is 0. The third kappa shape index (κ3) is 0.710. The molecule has 0 unspecified atom stereocenters. The van der Waals surface area contributed by atoms with E-state index < -0.39 is 0 Å². The Bertz CT molecular complexity index is 122. The van der Waals surface area contributed by atoms with Gasteiger partial charge in [-0.25, -0.2) is 0 Å². The standard InChI is InChI=1S/C8H14O/c9-6-8-4-2-1-3-7(8)5-8/h7,9H,1-6H2/t7-,8+/m1/s1. The van der Waals surface area contributed by atoms with Crippen LogP contribution in [0.5, 0.6) is 0 Å². The van der Waals surface area contributed by atoms with E-state index >= 15 is 0 Å². The summed E-state index contributed by atoms with van der Waals surface area (Å²) in [6.07, 6.45) is 6.78. The normalized spacial score (nSPS) is 48.3. The first kappa shape index (κ1) is 5.72. The largest absolute Gasteiger partial charge is 0.396 e. The maximum absolute atomic E-state index is 8.99. The maximum atomic E-state index is 8.99. The number of hydrogen-bond donors (Lipinski definition) is 1. The molecular weight excluding hydrogens is 112 g/mol. The summed E-state index contributed by atoms with van der Waals surface area (Å²) in [7, 11) is 0. The van der Waals surface area contributed by atoms with Crippen LogP contribution in [0.4, 0.5) is 0 Å². The van der Waals surface area contributed by atoms with Gasteiger partial charge in [-0.2, -0.15) is 0 Å². The van der Waals surface area contributed by atoms with Crippen LogP contribution in [0.25, 0.3) is 0 Å². The highest BCUT2D eigenvalue weighted by Gasteiger charge is 2.53. The minimum atomic E-state index is 0.443. The Labute approximate surface area is 56.1 Å². The van der Waals surface area contributed by atoms with E-state index in [-0.39, 0.29) is 0 Å². The minimum absolute atomic E-state index is 0.443. The molecule has 2 aliphatic carbocycles. The molecule has 1 N–H and O–H groups in total. The molecule has 0 radical (unpaired) electrons. The molecule has 1 heteroatoms. The molecule has 0 aromatic heterocycles. The van der Waals surface area contributed by atoms with Gasteiger partial charge < -0.3 is 5.11 Å². The first-order chi connectivity index (χ1) is 4.37. The molecule has 0 heterocycles. The lowest BCUT2D eigenvalue weighted by Gasteiger charge is -2.18. The zero-order chi connectivity index (χ0) is 6.32. The van der Waals surface area contributed by atoms with E-state index in [1.165, 1.54) is 32.1 Å². The fraction of sp³-hybridized carbons (Fsp3) is 1.00. The molecule has 2 saturated carbocycles. The predicted molar refractivity (Wildman–Crippen MR) is 36.1 cm³/mol. The van der Waals surface area contributed by atoms with E-state index in [4.69, 9.17) is 5.11 Å². The van der Waals surface area contributed by atoms with Crippen molar-refractivity contribution < 1.29 is 5.11 Å². The summed E-state index contributed by atoms with van der Waals surface area (Å²) in [5.41, 5.74) is 0.443. The summed E-state index contributed by atoms with van der Waals surface area (Å²) in [5, 5.41) is 8.99. The van der Waals surface area contributed by atoms with Crippen molar-refractivity contribution in [3.05, 3.63) is 0 Å². The molecule has 0 aliphatic heterocycles. The van der Waals surface area contributed by atoms with Crippen LogP contribution < -0.4 is 0 Å². The first-order valence-electron chi connectivity index (χ1n) is 3.98. The molecule has 0 aromatic rings. The molecule has 2 atom stereocenters. The summed E-state index contributed by atoms with van der Waals surface area (Å²) in [4.78, 5) is 0. The van der Waals surface area contributed by atoms with Gasteiger partial charge in [0.05, 0.1) is 0 Å². The van der Waals surface area contributed by atoms with Crippen molar-refractivity contribution in [2.45, 2.75) is 32.1 Å². The second-order valence-electron chi connectivity index (χ2n) is 3.67. The van der Waals surface area contributed by atoms with E-state index in [1.807, 2.05) is 0 Å². The molecule has 2 aliphatic rings. The quantitative estimate of drug-likeness (QED) is 0.565. The van der Waals surface area contributed by atoms with Gasteiger partial charge in [0, 0.05) is 6.61 Å². The highest BCUT2D eigenvalue weighted by atomic mass is 16.3. The lowest BCUT2D eigenvalue weighted by Crippen LogP contribution is -2.13. The Morgan fingerprint density at radius 2 is 2.33 bits per heavy atom. The van der Waals surface area contributed by atoms with Gasteiger partial charge in [-0.3, -0.25) is 0 Å². The molecular formula is C8H14O. The molecule has 0 bridgehead atoms. The molecule has 52 valence electrons. The molecule has 2 fully saturated rings. The smallest absolute Gasteiger partial charge is 0.0490 e. The van der Waals surface area contributed by atoms with Crippen molar-refractivity contribution >= 4 is 0 Å². The van der Waals surface area contributed by atoms with Gasteiger partial charge in [0.2, 0.25) is 0 Å². The lowest BCUT2D eigenvalue weighted by molar-refractivity contribution is 0.171. The highest BCUT2D eigenvalue weighted by Crippen LogP contribution is 2.60. The van der Waals surface area contributed by atoms with Crippen molar-refractivity contribution in [2.75, 3.05) is 6.61 Å². The van der Waals surface area contributed by atoms with Gasteiger partial charge in [0.1, 0.15) is 0 Å². The van der Waals surface area contributed by atoms with Gasteiger partial charge in [0.15, 0.2) is 0 Å². The Balaban J connectivity index is 2.01. The number of aliphatic hydroxyl groups is 1. The Morgan fingerprint density at radius 1 is 1.44 bits per heavy atom. The second kappa shape index (κ2) is 1.72. The number of hydrogen-bond acceptors (Lipinski definition) is 1. The fourth-order valence-corrected chi connectivity index (χ4v) is 2.29. The lowest BCUT2D eigenvalue weighted by atomic mass is 9.89. The van der Waals surface area contributed by atoms with Crippen LogP contribution in [0.3, 0.4) is 0 Å². The Kier molecular flexibility index (Phi) is 1.10. The zero-order valence-electron chi connectivity index (χ0n) is 5.77. The van der Waals surface area contributed by atoms with Crippen molar-refractivity contribution in [1.29, 1.82) is 0 Å². The highest BCUT2D eigenvalue weighted by molar-refractivity contribution is 5.03. The van der Waals surface area contributed by atoms with Crippen LogP contribution in [0.2, 0.25) is 0 Å². The topological polar surface area (TPSA) is 20.2 Å². The summed E-state index contributed by atoms with van der Waals surface area (Å²) >= 11 is 0. The number of fused-ring (bicyclic) bond motifs is 1. The average molecular weight is 126 g/mol. The monoisotopic (exact) mass is 126 g/mol. The first-order valence-corrected chi connectivity index (χ1v) is 3.98. The van der Waals surface area contributed by atoms with E-state index in [0.29, 0.717) is 12.0 Å². The van der Waals surface area contributed by atoms with Crippen molar-refractivity contribution in [2.24, 2.45) is 11.3 Å². The summed E-state index contributed by atoms with van der Waals surface area (Å²) in [6.45, 7) is 0.456. The van der Waals surface area contributed by atoms with Crippen LogP contribution in [-0.2, 0) is 0 Å². The van der Waals surface area contributed by atoms with E-state index in [0.717, 1.165) is 5.92 Å². The zero-order valence-corrected chi connectivity index (χ0v) is 5.77. The summed E-state index contributed by atoms with van der Waals surface area (Å²) in [5.74, 6) is 0.913. The molecule has 1 nitrogen and oxygen atoms in total. The van der Waals surface area contributed by atoms with Gasteiger partial charge in [-0.1, -0.05) is 12.8 Å². The fourth-order valence-electron chi connectivity index (χ4n) is 2.29. The molecule has 2 rings (SSSR count). The van der Waals surface area contributed by atoms with Gasteiger partial charge in [-0.05, 0) is 30.6 Å². The van der Waals surface area contributed by atoms with Crippen LogP contribution in [0, 0.1) is 11.3 Å². The van der Waals surface area contributed by atoms with Crippen LogP contribution in [0.15, 0.2) is 0 Å². The number of aliphatic hydroxyl groups excluding tert-OH is 1. The van der Waals surface area contributed by atoms with Crippen LogP contribution in [0.1, 0.15) is 32.1 Å². The second-order valence-corrected chi connectivity index (χ2v) is 3.67. The van der Waals surface area contributed by atoms with E-state index in [1.54, 1.807) is 0 Å². The minimum Gasteiger partial charge on any atom is -0.396 e. The van der Waals surface area contributed by atoms with Gasteiger partial charge >= 0.3 is 0 Å². The van der Waals surface area contributed by atoms with Crippen LogP contribution in [-0.4, -0.2) is 11.7 Å². The predicted octanol–water partition coefficient (Wildman–Crippen LogP) is 1.56. The third-order valence-electron chi connectivity index (χ3n) is 3.15. The van der Waals surface area contributed by atoms with Crippen LogP contribution >= 0.6 is 0 Å².